The molecular weight excluding hydrogens is 312 g/mol. The Balaban J connectivity index is 1.77. The topological polar surface area (TPSA) is 71.5 Å². The third kappa shape index (κ3) is 2.76. The van der Waals surface area contributed by atoms with Crippen molar-refractivity contribution in [1.29, 1.82) is 0 Å². The van der Waals surface area contributed by atoms with E-state index in [1.165, 1.54) is 0 Å². The number of rotatable bonds is 5. The first-order valence-corrected chi connectivity index (χ1v) is 9.23. The first-order chi connectivity index (χ1) is 11.5. The minimum absolute atomic E-state index is 0.0645. The molecule has 0 saturated carbocycles. The van der Waals surface area contributed by atoms with Crippen LogP contribution in [0.25, 0.3) is 0 Å². The molecule has 138 valence electrons. The summed E-state index contributed by atoms with van der Waals surface area (Å²) in [6.45, 7) is 8.89. The van der Waals surface area contributed by atoms with Gasteiger partial charge in [-0.15, -0.1) is 0 Å². The normalized spacial score (nSPS) is 31.8. The average molecular weight is 342 g/mol. The van der Waals surface area contributed by atoms with Gasteiger partial charge in [-0.2, -0.15) is 5.06 Å². The highest BCUT2D eigenvalue weighted by Gasteiger charge is 2.60. The number of aliphatic hydroxyl groups is 1. The van der Waals surface area contributed by atoms with Crippen molar-refractivity contribution in [3.05, 3.63) is 0 Å². The highest BCUT2D eigenvalue weighted by Crippen LogP contribution is 2.45. The highest BCUT2D eigenvalue weighted by atomic mass is 16.7. The van der Waals surface area contributed by atoms with Gasteiger partial charge in [0.05, 0.1) is 19.3 Å². The zero-order valence-corrected chi connectivity index (χ0v) is 15.0. The summed E-state index contributed by atoms with van der Waals surface area (Å²) < 4.78 is 11.9. The third-order valence-electron chi connectivity index (χ3n) is 5.71. The minimum atomic E-state index is -1.51. The summed E-state index contributed by atoms with van der Waals surface area (Å²) >= 11 is 0. The van der Waals surface area contributed by atoms with E-state index in [2.05, 4.69) is 0 Å². The molecule has 1 unspecified atom stereocenters. The predicted octanol–water partition coefficient (Wildman–Crippen LogP) is 0.907. The molecule has 0 bridgehead atoms. The van der Waals surface area contributed by atoms with Gasteiger partial charge in [0.25, 0.3) is 5.91 Å². The summed E-state index contributed by atoms with van der Waals surface area (Å²) in [6, 6.07) is -0.0645. The maximum atomic E-state index is 12.8. The number of carbonyl (C=O) groups is 1. The van der Waals surface area contributed by atoms with E-state index in [4.69, 9.17) is 14.3 Å². The first-order valence-electron chi connectivity index (χ1n) is 9.23. The maximum absolute atomic E-state index is 12.8. The summed E-state index contributed by atoms with van der Waals surface area (Å²) in [5.41, 5.74) is -1.51. The molecule has 0 aromatic heterocycles. The van der Waals surface area contributed by atoms with Gasteiger partial charge in [-0.3, -0.25) is 9.63 Å². The Bertz CT molecular complexity index is 458. The van der Waals surface area contributed by atoms with E-state index in [0.717, 1.165) is 12.8 Å². The van der Waals surface area contributed by atoms with Crippen LogP contribution in [0.5, 0.6) is 0 Å². The summed E-state index contributed by atoms with van der Waals surface area (Å²) in [6.07, 6.45) is 1.96. The smallest absolute Gasteiger partial charge is 0.257 e. The van der Waals surface area contributed by atoms with E-state index in [0.29, 0.717) is 45.7 Å². The fraction of sp³-hybridized carbons (Fsp3) is 0.941. The van der Waals surface area contributed by atoms with Crippen LogP contribution in [-0.4, -0.2) is 77.4 Å². The van der Waals surface area contributed by atoms with Crippen LogP contribution >= 0.6 is 0 Å². The van der Waals surface area contributed by atoms with Crippen molar-refractivity contribution >= 4 is 5.91 Å². The molecule has 3 saturated heterocycles. The van der Waals surface area contributed by atoms with Crippen LogP contribution in [0.1, 0.15) is 46.5 Å². The second-order valence-corrected chi connectivity index (χ2v) is 6.85. The Morgan fingerprint density at radius 1 is 1.29 bits per heavy atom. The number of ether oxygens (including phenoxy) is 2. The zero-order valence-electron chi connectivity index (χ0n) is 15.0. The van der Waals surface area contributed by atoms with Gasteiger partial charge in [0, 0.05) is 32.5 Å². The summed E-state index contributed by atoms with van der Waals surface area (Å²) in [5, 5.41) is 13.0. The Morgan fingerprint density at radius 2 is 1.96 bits per heavy atom. The van der Waals surface area contributed by atoms with Gasteiger partial charge < -0.3 is 19.5 Å². The van der Waals surface area contributed by atoms with Gasteiger partial charge in [0.2, 0.25) is 0 Å². The molecular formula is C17H30N2O5. The Morgan fingerprint density at radius 3 is 2.54 bits per heavy atom. The van der Waals surface area contributed by atoms with Crippen LogP contribution in [0, 0.1) is 0 Å². The van der Waals surface area contributed by atoms with E-state index in [9.17, 15) is 9.90 Å². The van der Waals surface area contributed by atoms with Crippen LogP contribution in [0.4, 0.5) is 0 Å². The van der Waals surface area contributed by atoms with Crippen molar-refractivity contribution in [1.82, 2.24) is 9.96 Å². The van der Waals surface area contributed by atoms with Gasteiger partial charge in [-0.1, -0.05) is 6.92 Å². The van der Waals surface area contributed by atoms with E-state index < -0.39 is 17.5 Å². The average Bonchev–Trinajstić information content (AvgIpc) is 3.18. The van der Waals surface area contributed by atoms with Crippen molar-refractivity contribution in [3.63, 3.8) is 0 Å². The number of amides is 1. The molecule has 3 heterocycles. The molecule has 3 aliphatic heterocycles. The first kappa shape index (κ1) is 18.1. The van der Waals surface area contributed by atoms with Crippen molar-refractivity contribution in [3.8, 4) is 0 Å². The molecule has 1 amide bonds. The molecule has 0 aliphatic carbocycles. The molecule has 0 aromatic carbocycles. The predicted molar refractivity (Wildman–Crippen MR) is 87.0 cm³/mol. The lowest BCUT2D eigenvalue weighted by Crippen LogP contribution is -2.56. The molecule has 1 spiro atoms. The number of hydrogen-bond acceptors (Lipinski definition) is 6. The van der Waals surface area contributed by atoms with Crippen molar-refractivity contribution in [2.75, 3.05) is 32.8 Å². The van der Waals surface area contributed by atoms with Crippen molar-refractivity contribution in [2.45, 2.75) is 70.0 Å². The van der Waals surface area contributed by atoms with E-state index in [1.807, 2.05) is 25.8 Å². The van der Waals surface area contributed by atoms with Gasteiger partial charge in [0.15, 0.2) is 11.4 Å². The van der Waals surface area contributed by atoms with Crippen LogP contribution in [-0.2, 0) is 19.1 Å². The molecule has 1 N–H and O–H groups in total. The van der Waals surface area contributed by atoms with E-state index in [-0.39, 0.29) is 11.9 Å². The molecule has 3 fully saturated rings. The van der Waals surface area contributed by atoms with Gasteiger partial charge >= 0.3 is 0 Å². The lowest BCUT2D eigenvalue weighted by molar-refractivity contribution is -0.284. The standard InChI is InChI=1S/C17H30N2O5/c1-4-16(21,15(20)18(5-2)6-3)14-12-13-17(8-9-19(13)24-14)22-10-7-11-23-17/h13-14,21H,4-12H2,1-3H3/t13-,14-,16?/m1/s1. The fourth-order valence-electron chi connectivity index (χ4n) is 4.15. The molecule has 0 radical (unpaired) electrons. The van der Waals surface area contributed by atoms with E-state index >= 15 is 0 Å². The number of fused-ring (bicyclic) bond motifs is 2. The SMILES string of the molecule is CCN(CC)C(=O)C(O)(CC)[C@H]1C[C@H]2N(CCC23OCCCO3)O1. The maximum Gasteiger partial charge on any atom is 0.257 e. The van der Waals surface area contributed by atoms with Crippen LogP contribution < -0.4 is 0 Å². The molecule has 7 nitrogen and oxygen atoms in total. The quantitative estimate of drug-likeness (QED) is 0.801. The van der Waals surface area contributed by atoms with E-state index in [1.54, 1.807) is 4.90 Å². The lowest BCUT2D eigenvalue weighted by atomic mass is 9.86. The molecule has 24 heavy (non-hydrogen) atoms. The molecule has 0 aromatic rings. The number of likely N-dealkylation sites (N-methyl/N-ethyl adjacent to an activating group) is 1. The van der Waals surface area contributed by atoms with Crippen LogP contribution in [0.2, 0.25) is 0 Å². The molecule has 3 atom stereocenters. The zero-order chi connectivity index (χ0) is 17.4. The van der Waals surface area contributed by atoms with Gasteiger partial charge in [0.1, 0.15) is 6.10 Å². The summed E-state index contributed by atoms with van der Waals surface area (Å²) in [4.78, 5) is 20.5. The fourth-order valence-corrected chi connectivity index (χ4v) is 4.15. The Hall–Kier alpha value is -0.730. The van der Waals surface area contributed by atoms with Crippen LogP contribution in [0.3, 0.4) is 0 Å². The number of hydrogen-bond donors (Lipinski definition) is 1. The van der Waals surface area contributed by atoms with Gasteiger partial charge in [-0.25, -0.2) is 0 Å². The molecule has 3 aliphatic rings. The number of hydroxylamine groups is 2. The second-order valence-electron chi connectivity index (χ2n) is 6.85. The highest BCUT2D eigenvalue weighted by molar-refractivity contribution is 5.85. The molecule has 3 rings (SSSR count). The third-order valence-corrected chi connectivity index (χ3v) is 5.71. The summed E-state index contributed by atoms with van der Waals surface area (Å²) in [5.74, 6) is -0.888. The summed E-state index contributed by atoms with van der Waals surface area (Å²) in [7, 11) is 0. The second kappa shape index (κ2) is 6.88. The Kier molecular flexibility index (Phi) is 5.18. The lowest BCUT2D eigenvalue weighted by Gasteiger charge is -2.38. The largest absolute Gasteiger partial charge is 0.377 e. The Labute approximate surface area is 143 Å². The van der Waals surface area contributed by atoms with Gasteiger partial charge in [-0.05, 0) is 26.7 Å². The monoisotopic (exact) mass is 342 g/mol. The number of nitrogens with zero attached hydrogens (tertiary/aromatic N) is 2. The van der Waals surface area contributed by atoms with Crippen molar-refractivity contribution < 1.29 is 24.2 Å². The minimum Gasteiger partial charge on any atom is -0.377 e. The van der Waals surface area contributed by atoms with Crippen molar-refractivity contribution in [2.24, 2.45) is 0 Å². The molecule has 7 heteroatoms. The number of carbonyl (C=O) groups excluding carboxylic acids is 1. The van der Waals surface area contributed by atoms with Crippen LogP contribution in [0.15, 0.2) is 0 Å².